The van der Waals surface area contributed by atoms with E-state index in [2.05, 4.69) is 5.32 Å². The molecular weight excluding hydrogens is 344 g/mol. The Balaban J connectivity index is 1.50. The first-order chi connectivity index (χ1) is 12.5. The highest BCUT2D eigenvalue weighted by molar-refractivity contribution is 5.98. The normalized spacial score (nSPS) is 13.1. The van der Waals surface area contributed by atoms with Gasteiger partial charge in [-0.05, 0) is 18.2 Å². The van der Waals surface area contributed by atoms with E-state index in [0.29, 0.717) is 17.2 Å². The van der Waals surface area contributed by atoms with Crippen molar-refractivity contribution in [1.82, 2.24) is 5.32 Å². The summed E-state index contributed by atoms with van der Waals surface area (Å²) >= 11 is 0. The van der Waals surface area contributed by atoms with Gasteiger partial charge in [0.05, 0.1) is 4.92 Å². The molecule has 2 aromatic rings. The van der Waals surface area contributed by atoms with Crippen LogP contribution in [0.25, 0.3) is 0 Å². The highest BCUT2D eigenvalue weighted by Gasteiger charge is 2.20. The Morgan fingerprint density at radius 1 is 1.27 bits per heavy atom. The summed E-state index contributed by atoms with van der Waals surface area (Å²) in [6.07, 6.45) is -0.993. The number of hydrogen-bond acceptors (Lipinski definition) is 7. The van der Waals surface area contributed by atoms with Gasteiger partial charge in [-0.25, -0.2) is 0 Å². The lowest BCUT2D eigenvalue weighted by Crippen LogP contribution is -2.35. The van der Waals surface area contributed by atoms with Gasteiger partial charge in [-0.1, -0.05) is 12.1 Å². The molecule has 0 unspecified atom stereocenters. The Morgan fingerprint density at radius 2 is 2.04 bits per heavy atom. The zero-order valence-electron chi connectivity index (χ0n) is 13.6. The molecule has 1 aliphatic heterocycles. The van der Waals surface area contributed by atoms with E-state index in [1.54, 1.807) is 18.2 Å². The first-order valence-corrected chi connectivity index (χ1v) is 7.76. The molecule has 1 atom stereocenters. The molecule has 1 amide bonds. The largest absolute Gasteiger partial charge is 0.491 e. The molecule has 0 bridgehead atoms. The predicted molar refractivity (Wildman–Crippen MR) is 89.5 cm³/mol. The van der Waals surface area contributed by atoms with Crippen LogP contribution in [-0.4, -0.2) is 42.0 Å². The van der Waals surface area contributed by atoms with Crippen molar-refractivity contribution < 1.29 is 29.0 Å². The highest BCUT2D eigenvalue weighted by atomic mass is 16.7. The molecule has 0 saturated carbocycles. The number of rotatable bonds is 7. The van der Waals surface area contributed by atoms with Crippen molar-refractivity contribution in [2.45, 2.75) is 6.10 Å². The van der Waals surface area contributed by atoms with Crippen molar-refractivity contribution in [2.24, 2.45) is 0 Å². The quantitative estimate of drug-likeness (QED) is 0.567. The second kappa shape index (κ2) is 7.70. The van der Waals surface area contributed by atoms with E-state index in [9.17, 15) is 20.0 Å². The van der Waals surface area contributed by atoms with Crippen LogP contribution < -0.4 is 19.5 Å². The average Bonchev–Trinajstić information content (AvgIpc) is 3.12. The molecule has 136 valence electrons. The van der Waals surface area contributed by atoms with Crippen LogP contribution in [0.3, 0.4) is 0 Å². The van der Waals surface area contributed by atoms with Crippen LogP contribution in [0, 0.1) is 10.1 Å². The maximum atomic E-state index is 12.1. The summed E-state index contributed by atoms with van der Waals surface area (Å²) in [4.78, 5) is 22.4. The molecule has 0 aromatic heterocycles. The van der Waals surface area contributed by atoms with Gasteiger partial charge in [-0.2, -0.15) is 0 Å². The molecule has 0 fully saturated rings. The number of aliphatic hydroxyl groups is 1. The first kappa shape index (κ1) is 17.5. The van der Waals surface area contributed by atoms with Gasteiger partial charge in [0.1, 0.15) is 24.0 Å². The fourth-order valence-corrected chi connectivity index (χ4v) is 2.35. The number of ether oxygens (including phenoxy) is 3. The van der Waals surface area contributed by atoms with E-state index >= 15 is 0 Å². The second-order valence-electron chi connectivity index (χ2n) is 5.46. The maximum absolute atomic E-state index is 12.1. The van der Waals surface area contributed by atoms with Crippen LogP contribution in [0.5, 0.6) is 17.2 Å². The summed E-state index contributed by atoms with van der Waals surface area (Å²) < 4.78 is 15.9. The number of carbonyl (C=O) groups is 1. The number of hydrogen-bond donors (Lipinski definition) is 2. The number of nitrogens with one attached hydrogen (secondary N) is 1. The Hall–Kier alpha value is -3.33. The molecule has 2 aromatic carbocycles. The van der Waals surface area contributed by atoms with Gasteiger partial charge in [0.2, 0.25) is 6.79 Å². The molecule has 1 heterocycles. The minimum absolute atomic E-state index is 0.0682. The van der Waals surface area contributed by atoms with E-state index in [-0.39, 0.29) is 31.2 Å². The average molecular weight is 360 g/mol. The van der Waals surface area contributed by atoms with Crippen molar-refractivity contribution >= 4 is 11.6 Å². The van der Waals surface area contributed by atoms with Crippen molar-refractivity contribution in [2.75, 3.05) is 19.9 Å². The predicted octanol–water partition coefficient (Wildman–Crippen LogP) is 1.49. The number of nitrogens with zero attached hydrogens (tertiary/aromatic N) is 1. The molecule has 9 nitrogen and oxygen atoms in total. The Morgan fingerprint density at radius 3 is 2.85 bits per heavy atom. The van der Waals surface area contributed by atoms with E-state index in [1.165, 1.54) is 24.3 Å². The molecule has 2 N–H and O–H groups in total. The number of para-hydroxylation sites is 1. The molecule has 1 aliphatic rings. The molecule has 0 aliphatic carbocycles. The number of carbonyl (C=O) groups excluding carboxylic acids is 1. The lowest BCUT2D eigenvalue weighted by atomic mass is 10.1. The van der Waals surface area contributed by atoms with E-state index in [4.69, 9.17) is 14.2 Å². The summed E-state index contributed by atoms with van der Waals surface area (Å²) in [6.45, 7) is -0.0364. The molecular formula is C17H16N2O7. The van der Waals surface area contributed by atoms with Crippen LogP contribution in [-0.2, 0) is 0 Å². The summed E-state index contributed by atoms with van der Waals surface area (Å²) in [7, 11) is 0. The van der Waals surface area contributed by atoms with Crippen LogP contribution in [0.1, 0.15) is 10.4 Å². The minimum atomic E-state index is -0.993. The molecule has 26 heavy (non-hydrogen) atoms. The second-order valence-corrected chi connectivity index (χ2v) is 5.46. The lowest BCUT2D eigenvalue weighted by Gasteiger charge is -2.13. The number of amides is 1. The fraction of sp³-hybridized carbons (Fsp3) is 0.235. The molecule has 9 heteroatoms. The van der Waals surface area contributed by atoms with Gasteiger partial charge in [0.25, 0.3) is 11.6 Å². The third-order valence-electron chi connectivity index (χ3n) is 3.63. The zero-order chi connectivity index (χ0) is 18.5. The monoisotopic (exact) mass is 360 g/mol. The van der Waals surface area contributed by atoms with Crippen molar-refractivity contribution in [3.8, 4) is 17.2 Å². The smallest absolute Gasteiger partial charge is 0.282 e. The topological polar surface area (TPSA) is 120 Å². The molecule has 0 spiro atoms. The lowest BCUT2D eigenvalue weighted by molar-refractivity contribution is -0.385. The summed E-state index contributed by atoms with van der Waals surface area (Å²) in [6, 6.07) is 10.6. The van der Waals surface area contributed by atoms with Gasteiger partial charge in [0.15, 0.2) is 11.5 Å². The molecule has 0 radical (unpaired) electrons. The number of nitro benzene ring substituents is 1. The Kier molecular flexibility index (Phi) is 5.18. The number of benzene rings is 2. The summed E-state index contributed by atoms with van der Waals surface area (Å²) in [5, 5.41) is 23.3. The highest BCUT2D eigenvalue weighted by Crippen LogP contribution is 2.35. The van der Waals surface area contributed by atoms with Gasteiger partial charge in [0, 0.05) is 18.7 Å². The summed E-state index contributed by atoms with van der Waals surface area (Å²) in [5.41, 5.74) is -0.363. The van der Waals surface area contributed by atoms with Crippen LogP contribution in [0.2, 0.25) is 0 Å². The van der Waals surface area contributed by atoms with Crippen LogP contribution in [0.4, 0.5) is 5.69 Å². The fourth-order valence-electron chi connectivity index (χ4n) is 2.35. The number of fused-ring (bicyclic) bond motifs is 1. The standard InChI is InChI=1S/C17H16N2O7/c20-11(9-24-12-5-6-15-16(7-12)26-10-25-15)8-18-17(21)13-3-1-2-4-14(13)19(22)23/h1-7,11,20H,8-10H2,(H,18,21)/t11-/m1/s1. The minimum Gasteiger partial charge on any atom is -0.491 e. The van der Waals surface area contributed by atoms with Gasteiger partial charge >= 0.3 is 0 Å². The van der Waals surface area contributed by atoms with Crippen molar-refractivity contribution in [3.05, 3.63) is 58.1 Å². The van der Waals surface area contributed by atoms with E-state index in [1.807, 2.05) is 0 Å². The maximum Gasteiger partial charge on any atom is 0.282 e. The molecule has 0 saturated heterocycles. The van der Waals surface area contributed by atoms with Crippen molar-refractivity contribution in [1.29, 1.82) is 0 Å². The third kappa shape index (κ3) is 4.01. The van der Waals surface area contributed by atoms with Crippen molar-refractivity contribution in [3.63, 3.8) is 0 Å². The summed E-state index contributed by atoms with van der Waals surface area (Å²) in [5.74, 6) is 1.02. The van der Waals surface area contributed by atoms with Gasteiger partial charge in [-0.15, -0.1) is 0 Å². The Labute approximate surface area is 148 Å². The number of nitro groups is 1. The van der Waals surface area contributed by atoms with E-state index < -0.39 is 16.9 Å². The third-order valence-corrected chi connectivity index (χ3v) is 3.63. The van der Waals surface area contributed by atoms with Crippen LogP contribution in [0.15, 0.2) is 42.5 Å². The van der Waals surface area contributed by atoms with Gasteiger partial charge in [-0.3, -0.25) is 14.9 Å². The number of aliphatic hydroxyl groups excluding tert-OH is 1. The zero-order valence-corrected chi connectivity index (χ0v) is 13.6. The first-order valence-electron chi connectivity index (χ1n) is 7.76. The molecule has 3 rings (SSSR count). The van der Waals surface area contributed by atoms with Crippen LogP contribution >= 0.6 is 0 Å². The van der Waals surface area contributed by atoms with Gasteiger partial charge < -0.3 is 24.6 Å². The Bertz CT molecular complexity index is 825. The SMILES string of the molecule is O=C(NC[C@@H](O)COc1ccc2c(c1)OCO2)c1ccccc1[N+](=O)[O-]. The van der Waals surface area contributed by atoms with E-state index in [0.717, 1.165) is 0 Å².